The van der Waals surface area contributed by atoms with Crippen LogP contribution in [0.15, 0.2) is 12.4 Å². The van der Waals surface area contributed by atoms with Gasteiger partial charge in [-0.25, -0.2) is 0 Å². The zero-order valence-corrected chi connectivity index (χ0v) is 10.2. The lowest BCUT2D eigenvalue weighted by Gasteiger charge is -2.22. The standard InChI is InChI=1S/C11H20N4O/c1-4-11(2,3)8-13-10(16)7-15-6-9(12)5-14-15/h5-6H,4,7-8,12H2,1-3H3,(H,13,16). The molecule has 3 N–H and O–H groups in total. The highest BCUT2D eigenvalue weighted by Gasteiger charge is 2.16. The number of nitrogen functional groups attached to an aromatic ring is 1. The van der Waals surface area contributed by atoms with Crippen molar-refractivity contribution in [3.05, 3.63) is 12.4 Å². The fourth-order valence-electron chi connectivity index (χ4n) is 1.13. The Kier molecular flexibility index (Phi) is 3.93. The van der Waals surface area contributed by atoms with Gasteiger partial charge in [0.25, 0.3) is 0 Å². The summed E-state index contributed by atoms with van der Waals surface area (Å²) < 4.78 is 1.53. The number of nitrogens with one attached hydrogen (secondary N) is 1. The third kappa shape index (κ3) is 3.92. The molecule has 0 radical (unpaired) electrons. The molecule has 0 aliphatic carbocycles. The first-order chi connectivity index (χ1) is 7.43. The molecule has 5 nitrogen and oxygen atoms in total. The van der Waals surface area contributed by atoms with Crippen molar-refractivity contribution in [1.82, 2.24) is 15.1 Å². The first-order valence-corrected chi connectivity index (χ1v) is 5.47. The number of nitrogens with two attached hydrogens (primary N) is 1. The van der Waals surface area contributed by atoms with Gasteiger partial charge in [0.1, 0.15) is 6.54 Å². The third-order valence-electron chi connectivity index (χ3n) is 2.68. The van der Waals surface area contributed by atoms with Crippen LogP contribution in [-0.4, -0.2) is 22.2 Å². The van der Waals surface area contributed by atoms with Crippen molar-refractivity contribution < 1.29 is 4.79 Å². The van der Waals surface area contributed by atoms with Crippen molar-refractivity contribution in [2.24, 2.45) is 5.41 Å². The number of carbonyl (C=O) groups is 1. The molecule has 0 fully saturated rings. The molecule has 1 heterocycles. The van der Waals surface area contributed by atoms with Crippen LogP contribution in [0.1, 0.15) is 27.2 Å². The monoisotopic (exact) mass is 224 g/mol. The summed E-state index contributed by atoms with van der Waals surface area (Å²) in [4.78, 5) is 11.6. The lowest BCUT2D eigenvalue weighted by atomic mass is 9.90. The highest BCUT2D eigenvalue weighted by molar-refractivity contribution is 5.75. The number of hydrogen-bond donors (Lipinski definition) is 2. The summed E-state index contributed by atoms with van der Waals surface area (Å²) in [6.07, 6.45) is 4.20. The van der Waals surface area contributed by atoms with Gasteiger partial charge in [0.05, 0.1) is 11.9 Å². The third-order valence-corrected chi connectivity index (χ3v) is 2.68. The molecule has 1 amide bonds. The molecular weight excluding hydrogens is 204 g/mol. The van der Waals surface area contributed by atoms with E-state index in [0.717, 1.165) is 6.42 Å². The van der Waals surface area contributed by atoms with E-state index in [0.29, 0.717) is 12.2 Å². The van der Waals surface area contributed by atoms with Gasteiger partial charge in [-0.3, -0.25) is 9.48 Å². The first-order valence-electron chi connectivity index (χ1n) is 5.47. The maximum absolute atomic E-state index is 11.6. The van der Waals surface area contributed by atoms with Crippen molar-refractivity contribution in [1.29, 1.82) is 0 Å². The molecular formula is C11H20N4O. The molecule has 90 valence electrons. The van der Waals surface area contributed by atoms with Crippen LogP contribution in [-0.2, 0) is 11.3 Å². The van der Waals surface area contributed by atoms with Gasteiger partial charge in [0, 0.05) is 12.7 Å². The Hall–Kier alpha value is -1.52. The van der Waals surface area contributed by atoms with E-state index < -0.39 is 0 Å². The van der Waals surface area contributed by atoms with Crippen LogP contribution in [0.3, 0.4) is 0 Å². The smallest absolute Gasteiger partial charge is 0.241 e. The molecule has 0 unspecified atom stereocenters. The zero-order valence-electron chi connectivity index (χ0n) is 10.2. The van der Waals surface area contributed by atoms with Gasteiger partial charge in [0.2, 0.25) is 5.91 Å². The van der Waals surface area contributed by atoms with Gasteiger partial charge in [-0.05, 0) is 11.8 Å². The summed E-state index contributed by atoms with van der Waals surface area (Å²) in [6, 6.07) is 0. The van der Waals surface area contributed by atoms with Crippen LogP contribution in [0.5, 0.6) is 0 Å². The average Bonchev–Trinajstić information content (AvgIpc) is 2.61. The second-order valence-electron chi connectivity index (χ2n) is 4.77. The maximum atomic E-state index is 11.6. The zero-order chi connectivity index (χ0) is 12.2. The van der Waals surface area contributed by atoms with Gasteiger partial charge >= 0.3 is 0 Å². The summed E-state index contributed by atoms with van der Waals surface area (Å²) in [5.74, 6) is -0.0374. The van der Waals surface area contributed by atoms with Crippen LogP contribution in [0.2, 0.25) is 0 Å². The second kappa shape index (κ2) is 5.01. The first kappa shape index (κ1) is 12.5. The van der Waals surface area contributed by atoms with E-state index in [1.807, 2.05) is 0 Å². The lowest BCUT2D eigenvalue weighted by Crippen LogP contribution is -2.35. The van der Waals surface area contributed by atoms with E-state index in [9.17, 15) is 4.79 Å². The van der Waals surface area contributed by atoms with E-state index in [2.05, 4.69) is 31.2 Å². The van der Waals surface area contributed by atoms with Crippen molar-refractivity contribution in [3.63, 3.8) is 0 Å². The Morgan fingerprint density at radius 1 is 1.62 bits per heavy atom. The molecule has 5 heteroatoms. The van der Waals surface area contributed by atoms with Gasteiger partial charge in [-0.15, -0.1) is 0 Å². The molecule has 0 spiro atoms. The molecule has 0 aliphatic heterocycles. The Morgan fingerprint density at radius 2 is 2.31 bits per heavy atom. The number of aromatic nitrogens is 2. The SMILES string of the molecule is CCC(C)(C)CNC(=O)Cn1cc(N)cn1. The Balaban J connectivity index is 2.37. The summed E-state index contributed by atoms with van der Waals surface area (Å²) in [5.41, 5.74) is 6.21. The van der Waals surface area contributed by atoms with E-state index >= 15 is 0 Å². The molecule has 1 rings (SSSR count). The Bertz CT molecular complexity index is 357. The number of carbonyl (C=O) groups excluding carboxylic acids is 1. The molecule has 16 heavy (non-hydrogen) atoms. The van der Waals surface area contributed by atoms with Crippen LogP contribution < -0.4 is 11.1 Å². The number of anilines is 1. The topological polar surface area (TPSA) is 72.9 Å². The lowest BCUT2D eigenvalue weighted by molar-refractivity contribution is -0.122. The van der Waals surface area contributed by atoms with Gasteiger partial charge < -0.3 is 11.1 Å². The number of amides is 1. The fourth-order valence-corrected chi connectivity index (χ4v) is 1.13. The molecule has 0 atom stereocenters. The number of rotatable bonds is 5. The Labute approximate surface area is 96.0 Å². The van der Waals surface area contributed by atoms with E-state index in [1.165, 1.54) is 10.9 Å². The second-order valence-corrected chi connectivity index (χ2v) is 4.77. The molecule has 0 aromatic carbocycles. The predicted molar refractivity (Wildman–Crippen MR) is 63.7 cm³/mol. The van der Waals surface area contributed by atoms with E-state index in [-0.39, 0.29) is 17.9 Å². The minimum absolute atomic E-state index is 0.0374. The quantitative estimate of drug-likeness (QED) is 0.784. The van der Waals surface area contributed by atoms with Crippen LogP contribution in [0.25, 0.3) is 0 Å². The van der Waals surface area contributed by atoms with Crippen LogP contribution in [0.4, 0.5) is 5.69 Å². The van der Waals surface area contributed by atoms with Crippen molar-refractivity contribution in [2.75, 3.05) is 12.3 Å². The largest absolute Gasteiger partial charge is 0.396 e. The Morgan fingerprint density at radius 3 is 2.81 bits per heavy atom. The average molecular weight is 224 g/mol. The minimum atomic E-state index is -0.0374. The van der Waals surface area contributed by atoms with E-state index in [4.69, 9.17) is 5.73 Å². The van der Waals surface area contributed by atoms with Gasteiger partial charge in [-0.1, -0.05) is 20.8 Å². The maximum Gasteiger partial charge on any atom is 0.241 e. The molecule has 1 aromatic rings. The van der Waals surface area contributed by atoms with Gasteiger partial charge in [-0.2, -0.15) is 5.10 Å². The summed E-state index contributed by atoms with van der Waals surface area (Å²) >= 11 is 0. The minimum Gasteiger partial charge on any atom is -0.396 e. The highest BCUT2D eigenvalue weighted by Crippen LogP contribution is 2.17. The molecule has 1 aromatic heterocycles. The molecule has 0 saturated carbocycles. The summed E-state index contributed by atoms with van der Waals surface area (Å²) in [7, 11) is 0. The molecule has 0 bridgehead atoms. The fraction of sp³-hybridized carbons (Fsp3) is 0.636. The summed E-state index contributed by atoms with van der Waals surface area (Å²) in [5, 5.41) is 6.84. The van der Waals surface area contributed by atoms with Gasteiger partial charge in [0.15, 0.2) is 0 Å². The molecule has 0 saturated heterocycles. The summed E-state index contributed by atoms with van der Waals surface area (Å²) in [6.45, 7) is 7.26. The van der Waals surface area contributed by atoms with E-state index in [1.54, 1.807) is 6.20 Å². The van der Waals surface area contributed by atoms with Crippen molar-refractivity contribution in [3.8, 4) is 0 Å². The number of hydrogen-bond acceptors (Lipinski definition) is 3. The highest BCUT2D eigenvalue weighted by atomic mass is 16.2. The van der Waals surface area contributed by atoms with Crippen LogP contribution in [0, 0.1) is 5.41 Å². The number of nitrogens with zero attached hydrogens (tertiary/aromatic N) is 2. The molecule has 0 aliphatic rings. The normalized spacial score (nSPS) is 11.4. The van der Waals surface area contributed by atoms with Crippen molar-refractivity contribution in [2.45, 2.75) is 33.7 Å². The van der Waals surface area contributed by atoms with Crippen molar-refractivity contribution >= 4 is 11.6 Å². The predicted octanol–water partition coefficient (Wildman–Crippen LogP) is 1.02. The van der Waals surface area contributed by atoms with Crippen LogP contribution >= 0.6 is 0 Å².